The van der Waals surface area contributed by atoms with Gasteiger partial charge in [0.15, 0.2) is 0 Å². The van der Waals surface area contributed by atoms with Crippen LogP contribution in [-0.2, 0) is 16.6 Å². The summed E-state index contributed by atoms with van der Waals surface area (Å²) in [4.78, 5) is 3.09. The number of aryl methyl sites for hydroxylation is 1. The maximum absolute atomic E-state index is 12.9. The van der Waals surface area contributed by atoms with Gasteiger partial charge in [0.1, 0.15) is 4.21 Å². The van der Waals surface area contributed by atoms with Gasteiger partial charge in [0.2, 0.25) is 0 Å². The molecule has 21 heavy (non-hydrogen) atoms. The number of rotatable bonds is 8. The third-order valence-corrected chi connectivity index (χ3v) is 7.11. The Morgan fingerprint density at radius 2 is 2.00 bits per heavy atom. The summed E-state index contributed by atoms with van der Waals surface area (Å²) in [5.41, 5.74) is 1.03. The van der Waals surface area contributed by atoms with Crippen molar-refractivity contribution in [1.82, 2.24) is 14.5 Å². The first-order valence-electron chi connectivity index (χ1n) is 7.14. The molecule has 0 bridgehead atoms. The number of thiophene rings is 1. The summed E-state index contributed by atoms with van der Waals surface area (Å²) in [7, 11) is 2.36. The first-order valence-corrected chi connectivity index (χ1v) is 9.40. The van der Waals surface area contributed by atoms with E-state index in [0.717, 1.165) is 10.4 Å². The van der Waals surface area contributed by atoms with E-state index in [9.17, 15) is 8.42 Å². The van der Waals surface area contributed by atoms with E-state index in [1.54, 1.807) is 10.4 Å². The van der Waals surface area contributed by atoms with Crippen LogP contribution >= 0.6 is 11.3 Å². The summed E-state index contributed by atoms with van der Waals surface area (Å²) in [6.07, 6.45) is 0. The average molecular weight is 334 g/mol. The van der Waals surface area contributed by atoms with Crippen LogP contribution in [0.2, 0.25) is 0 Å². The van der Waals surface area contributed by atoms with Crippen LogP contribution in [0.5, 0.6) is 0 Å². The summed E-state index contributed by atoms with van der Waals surface area (Å²) in [5.74, 6) is 0. The molecule has 1 heterocycles. The number of likely N-dealkylation sites (N-methyl/N-ethyl adjacent to an activating group) is 2. The van der Waals surface area contributed by atoms with Crippen molar-refractivity contribution in [3.8, 4) is 0 Å². The number of hydrogen-bond donors (Lipinski definition) is 1. The SMILES string of the molecule is CCN(C(C)CN(C)C)S(=O)(=O)c1cc(C)c(CNC)s1. The topological polar surface area (TPSA) is 52.7 Å². The van der Waals surface area contributed by atoms with Gasteiger partial charge in [-0.2, -0.15) is 4.31 Å². The van der Waals surface area contributed by atoms with Crippen molar-refractivity contribution >= 4 is 21.4 Å². The number of hydrogen-bond acceptors (Lipinski definition) is 5. The lowest BCUT2D eigenvalue weighted by Crippen LogP contribution is -2.43. The summed E-state index contributed by atoms with van der Waals surface area (Å²) in [6.45, 7) is 7.69. The Labute approximate surface area is 133 Å². The third-order valence-electron chi connectivity index (χ3n) is 3.33. The first kappa shape index (κ1) is 18.6. The van der Waals surface area contributed by atoms with E-state index in [1.165, 1.54) is 11.3 Å². The molecule has 0 aromatic carbocycles. The van der Waals surface area contributed by atoms with Gasteiger partial charge in [0, 0.05) is 30.6 Å². The Morgan fingerprint density at radius 1 is 1.38 bits per heavy atom. The van der Waals surface area contributed by atoms with Crippen LogP contribution in [0, 0.1) is 6.92 Å². The fourth-order valence-electron chi connectivity index (χ4n) is 2.41. The molecule has 0 aliphatic carbocycles. The van der Waals surface area contributed by atoms with E-state index in [2.05, 4.69) is 5.32 Å². The maximum atomic E-state index is 12.9. The van der Waals surface area contributed by atoms with Crippen molar-refractivity contribution in [3.63, 3.8) is 0 Å². The van der Waals surface area contributed by atoms with Gasteiger partial charge >= 0.3 is 0 Å². The van der Waals surface area contributed by atoms with Crippen LogP contribution in [0.15, 0.2) is 10.3 Å². The van der Waals surface area contributed by atoms with Crippen molar-refractivity contribution in [2.24, 2.45) is 0 Å². The summed E-state index contributed by atoms with van der Waals surface area (Å²) >= 11 is 1.37. The van der Waals surface area contributed by atoms with Gasteiger partial charge in [0.05, 0.1) is 0 Å². The predicted octanol–water partition coefficient (Wildman–Crippen LogP) is 1.74. The van der Waals surface area contributed by atoms with E-state index >= 15 is 0 Å². The molecule has 0 fully saturated rings. The molecule has 1 unspecified atom stereocenters. The van der Waals surface area contributed by atoms with Gasteiger partial charge < -0.3 is 10.2 Å². The highest BCUT2D eigenvalue weighted by Gasteiger charge is 2.29. The fourth-order valence-corrected chi connectivity index (χ4v) is 5.77. The Hall–Kier alpha value is -0.470. The van der Waals surface area contributed by atoms with Crippen molar-refractivity contribution in [2.75, 3.05) is 34.2 Å². The van der Waals surface area contributed by atoms with E-state index in [4.69, 9.17) is 0 Å². The van der Waals surface area contributed by atoms with Gasteiger partial charge in [-0.1, -0.05) is 6.92 Å². The van der Waals surface area contributed by atoms with Gasteiger partial charge in [-0.15, -0.1) is 11.3 Å². The minimum atomic E-state index is -3.42. The van der Waals surface area contributed by atoms with Crippen LogP contribution in [0.3, 0.4) is 0 Å². The molecule has 1 atom stereocenters. The molecular formula is C14H27N3O2S2. The highest BCUT2D eigenvalue weighted by atomic mass is 32.2. The number of nitrogens with one attached hydrogen (secondary N) is 1. The van der Waals surface area contributed by atoms with Gasteiger partial charge in [-0.05, 0) is 46.6 Å². The highest BCUT2D eigenvalue weighted by Crippen LogP contribution is 2.29. The molecule has 5 nitrogen and oxygen atoms in total. The van der Waals surface area contributed by atoms with Crippen molar-refractivity contribution in [1.29, 1.82) is 0 Å². The molecule has 0 radical (unpaired) electrons. The second-order valence-electron chi connectivity index (χ2n) is 5.52. The summed E-state index contributed by atoms with van der Waals surface area (Å²) < 4.78 is 27.7. The standard InChI is InChI=1S/C14H27N3O2S2/c1-7-17(12(3)10-16(5)6)21(18,19)14-8-11(2)13(20-14)9-15-4/h8,12,15H,7,9-10H2,1-6H3. The van der Waals surface area contributed by atoms with E-state index in [-0.39, 0.29) is 6.04 Å². The van der Waals surface area contributed by atoms with Crippen molar-refractivity contribution in [3.05, 3.63) is 16.5 Å². The lowest BCUT2D eigenvalue weighted by atomic mass is 10.3. The highest BCUT2D eigenvalue weighted by molar-refractivity contribution is 7.91. The van der Waals surface area contributed by atoms with Crippen LogP contribution in [0.4, 0.5) is 0 Å². The molecule has 0 spiro atoms. The third kappa shape index (κ3) is 4.50. The molecule has 1 aromatic rings. The molecular weight excluding hydrogens is 306 g/mol. The van der Waals surface area contributed by atoms with Crippen LogP contribution in [-0.4, -0.2) is 57.9 Å². The molecule has 1 rings (SSSR count). The Bertz CT molecular complexity index is 553. The molecule has 1 aromatic heterocycles. The second-order valence-corrected chi connectivity index (χ2v) is 8.78. The molecule has 1 N–H and O–H groups in total. The van der Waals surface area contributed by atoms with E-state index in [0.29, 0.717) is 23.8 Å². The van der Waals surface area contributed by atoms with Gasteiger partial charge in [-0.25, -0.2) is 8.42 Å². The van der Waals surface area contributed by atoms with E-state index in [1.807, 2.05) is 46.8 Å². The normalized spacial score (nSPS) is 14.1. The monoisotopic (exact) mass is 333 g/mol. The first-order chi connectivity index (χ1) is 9.73. The quantitative estimate of drug-likeness (QED) is 0.787. The maximum Gasteiger partial charge on any atom is 0.252 e. The summed E-state index contributed by atoms with van der Waals surface area (Å²) in [6, 6.07) is 1.74. The smallest absolute Gasteiger partial charge is 0.252 e. The van der Waals surface area contributed by atoms with Gasteiger partial charge in [-0.3, -0.25) is 0 Å². The van der Waals surface area contributed by atoms with Crippen LogP contribution < -0.4 is 5.32 Å². The fraction of sp³-hybridized carbons (Fsp3) is 0.714. The Morgan fingerprint density at radius 3 is 2.48 bits per heavy atom. The molecule has 0 saturated carbocycles. The van der Waals surface area contributed by atoms with Gasteiger partial charge in [0.25, 0.3) is 10.0 Å². The van der Waals surface area contributed by atoms with Crippen molar-refractivity contribution < 1.29 is 8.42 Å². The van der Waals surface area contributed by atoms with Crippen LogP contribution in [0.1, 0.15) is 24.3 Å². The molecule has 7 heteroatoms. The minimum Gasteiger partial charge on any atom is -0.315 e. The lowest BCUT2D eigenvalue weighted by Gasteiger charge is -2.28. The van der Waals surface area contributed by atoms with E-state index < -0.39 is 10.0 Å². The average Bonchev–Trinajstić information content (AvgIpc) is 2.72. The predicted molar refractivity (Wildman–Crippen MR) is 89.4 cm³/mol. The molecule has 0 aliphatic heterocycles. The molecule has 0 aliphatic rings. The van der Waals surface area contributed by atoms with Crippen LogP contribution in [0.25, 0.3) is 0 Å². The molecule has 0 saturated heterocycles. The number of nitrogens with zero attached hydrogens (tertiary/aromatic N) is 2. The molecule has 122 valence electrons. The zero-order valence-corrected chi connectivity index (χ0v) is 15.4. The Balaban J connectivity index is 3.09. The molecule has 0 amide bonds. The second kappa shape index (κ2) is 7.69. The zero-order chi connectivity index (χ0) is 16.2. The summed E-state index contributed by atoms with van der Waals surface area (Å²) in [5, 5.41) is 3.08. The largest absolute Gasteiger partial charge is 0.315 e. The lowest BCUT2D eigenvalue weighted by molar-refractivity contribution is 0.272. The number of sulfonamides is 1. The Kier molecular flexibility index (Phi) is 6.80. The van der Waals surface area contributed by atoms with Crippen molar-refractivity contribution in [2.45, 2.75) is 37.6 Å². The zero-order valence-electron chi connectivity index (χ0n) is 13.8. The minimum absolute atomic E-state index is 0.0508.